The molecule has 0 saturated carbocycles. The van der Waals surface area contributed by atoms with E-state index in [2.05, 4.69) is 10.3 Å². The summed E-state index contributed by atoms with van der Waals surface area (Å²) in [6, 6.07) is 3.59. The van der Waals surface area contributed by atoms with Crippen LogP contribution in [0.5, 0.6) is 0 Å². The molecule has 21 heavy (non-hydrogen) atoms. The van der Waals surface area contributed by atoms with E-state index in [1.54, 1.807) is 18.5 Å². The van der Waals surface area contributed by atoms with Crippen molar-refractivity contribution in [2.24, 2.45) is 11.3 Å². The second-order valence-electron chi connectivity index (χ2n) is 6.57. The number of carbonyl (C=O) groups excluding carboxylic acids is 2. The van der Waals surface area contributed by atoms with Gasteiger partial charge in [-0.1, -0.05) is 20.8 Å². The maximum atomic E-state index is 12.3. The summed E-state index contributed by atoms with van der Waals surface area (Å²) in [6.45, 7) is 6.98. The lowest BCUT2D eigenvalue weighted by molar-refractivity contribution is -0.142. The number of likely N-dealkylation sites (tertiary alicyclic amines) is 1. The van der Waals surface area contributed by atoms with Crippen molar-refractivity contribution < 1.29 is 9.59 Å². The molecule has 1 aromatic heterocycles. The summed E-state index contributed by atoms with van der Waals surface area (Å²) in [5.74, 6) is -0.0685. The number of hydrogen-bond donors (Lipinski definition) is 1. The lowest BCUT2D eigenvalue weighted by atomic mass is 9.91. The van der Waals surface area contributed by atoms with Gasteiger partial charge in [-0.2, -0.15) is 0 Å². The number of anilines is 1. The quantitative estimate of drug-likeness (QED) is 0.908. The van der Waals surface area contributed by atoms with Crippen LogP contribution in [0.15, 0.2) is 24.5 Å². The SMILES string of the molecule is CC(C)(C)C(=O)N1CCC[C@H](C(=O)Nc2cccnc2)C1. The number of aromatic nitrogens is 1. The van der Waals surface area contributed by atoms with Crippen LogP contribution in [-0.4, -0.2) is 34.8 Å². The molecule has 0 spiro atoms. The van der Waals surface area contributed by atoms with Crippen molar-refractivity contribution in [2.75, 3.05) is 18.4 Å². The Hall–Kier alpha value is -1.91. The number of amides is 2. The van der Waals surface area contributed by atoms with Crippen molar-refractivity contribution in [3.63, 3.8) is 0 Å². The normalized spacial score (nSPS) is 19.2. The minimum atomic E-state index is -0.401. The van der Waals surface area contributed by atoms with Gasteiger partial charge in [0.2, 0.25) is 11.8 Å². The maximum absolute atomic E-state index is 12.3. The summed E-state index contributed by atoms with van der Waals surface area (Å²) >= 11 is 0. The van der Waals surface area contributed by atoms with Crippen LogP contribution >= 0.6 is 0 Å². The number of nitrogens with zero attached hydrogens (tertiary/aromatic N) is 2. The first kappa shape index (κ1) is 15.5. The minimum absolute atomic E-state index is 0.0330. The predicted molar refractivity (Wildman–Crippen MR) is 81.6 cm³/mol. The molecule has 2 amide bonds. The number of piperidine rings is 1. The van der Waals surface area contributed by atoms with Gasteiger partial charge in [-0.15, -0.1) is 0 Å². The van der Waals surface area contributed by atoms with E-state index in [0.717, 1.165) is 19.4 Å². The number of carbonyl (C=O) groups is 2. The molecule has 2 heterocycles. The molecular formula is C16H23N3O2. The fourth-order valence-corrected chi connectivity index (χ4v) is 2.53. The molecule has 0 aromatic carbocycles. The standard InChI is InChI=1S/C16H23N3O2/c1-16(2,3)15(21)19-9-5-6-12(11-19)14(20)18-13-7-4-8-17-10-13/h4,7-8,10,12H,5-6,9,11H2,1-3H3,(H,18,20)/t12-/m0/s1. The van der Waals surface area contributed by atoms with Crippen molar-refractivity contribution in [1.29, 1.82) is 0 Å². The van der Waals surface area contributed by atoms with Gasteiger partial charge in [-0.25, -0.2) is 0 Å². The van der Waals surface area contributed by atoms with Crippen molar-refractivity contribution in [2.45, 2.75) is 33.6 Å². The Kier molecular flexibility index (Phi) is 4.60. The van der Waals surface area contributed by atoms with Gasteiger partial charge in [0.05, 0.1) is 17.8 Å². The summed E-state index contributed by atoms with van der Waals surface area (Å²) in [6.07, 6.45) is 4.98. The van der Waals surface area contributed by atoms with Gasteiger partial charge >= 0.3 is 0 Å². The van der Waals surface area contributed by atoms with Gasteiger partial charge in [0.1, 0.15) is 0 Å². The van der Waals surface area contributed by atoms with Crippen molar-refractivity contribution in [3.8, 4) is 0 Å². The summed E-state index contributed by atoms with van der Waals surface area (Å²) in [5, 5.41) is 2.87. The highest BCUT2D eigenvalue weighted by molar-refractivity contribution is 5.93. The van der Waals surface area contributed by atoms with Gasteiger partial charge in [-0.3, -0.25) is 14.6 Å². The average Bonchev–Trinajstić information content (AvgIpc) is 2.46. The van der Waals surface area contributed by atoms with E-state index in [4.69, 9.17) is 0 Å². The molecule has 0 bridgehead atoms. The second kappa shape index (κ2) is 6.24. The van der Waals surface area contributed by atoms with Crippen LogP contribution in [0.25, 0.3) is 0 Å². The molecule has 1 aromatic rings. The van der Waals surface area contributed by atoms with Crippen LogP contribution in [0, 0.1) is 11.3 Å². The molecule has 0 unspecified atom stereocenters. The highest BCUT2D eigenvalue weighted by Gasteiger charge is 2.33. The monoisotopic (exact) mass is 289 g/mol. The molecule has 5 heteroatoms. The molecular weight excluding hydrogens is 266 g/mol. The highest BCUT2D eigenvalue weighted by Crippen LogP contribution is 2.24. The zero-order chi connectivity index (χ0) is 15.5. The lowest BCUT2D eigenvalue weighted by Crippen LogP contribution is -2.47. The van der Waals surface area contributed by atoms with E-state index in [1.165, 1.54) is 0 Å². The minimum Gasteiger partial charge on any atom is -0.341 e. The molecule has 5 nitrogen and oxygen atoms in total. The van der Waals surface area contributed by atoms with E-state index >= 15 is 0 Å². The first-order valence-corrected chi connectivity index (χ1v) is 7.38. The molecule has 1 N–H and O–H groups in total. The second-order valence-corrected chi connectivity index (χ2v) is 6.57. The Labute approximate surface area is 125 Å². The smallest absolute Gasteiger partial charge is 0.229 e. The molecule has 0 aliphatic carbocycles. The van der Waals surface area contributed by atoms with Crippen LogP contribution in [-0.2, 0) is 9.59 Å². The van der Waals surface area contributed by atoms with Gasteiger partial charge < -0.3 is 10.2 Å². The van der Waals surface area contributed by atoms with Crippen molar-refractivity contribution in [1.82, 2.24) is 9.88 Å². The molecule has 1 saturated heterocycles. The zero-order valence-corrected chi connectivity index (χ0v) is 12.9. The topological polar surface area (TPSA) is 62.3 Å². The van der Waals surface area contributed by atoms with Crippen molar-refractivity contribution >= 4 is 17.5 Å². The van der Waals surface area contributed by atoms with Crippen LogP contribution in [0.3, 0.4) is 0 Å². The lowest BCUT2D eigenvalue weighted by Gasteiger charge is -2.35. The number of hydrogen-bond acceptors (Lipinski definition) is 3. The Bertz CT molecular complexity index is 508. The summed E-state index contributed by atoms with van der Waals surface area (Å²) in [5.41, 5.74) is 0.295. The molecule has 1 atom stereocenters. The number of pyridine rings is 1. The van der Waals surface area contributed by atoms with Crippen LogP contribution in [0.1, 0.15) is 33.6 Å². The summed E-state index contributed by atoms with van der Waals surface area (Å²) < 4.78 is 0. The van der Waals surface area contributed by atoms with E-state index in [-0.39, 0.29) is 17.7 Å². The molecule has 0 radical (unpaired) electrons. The van der Waals surface area contributed by atoms with Crippen LogP contribution < -0.4 is 5.32 Å². The summed E-state index contributed by atoms with van der Waals surface area (Å²) in [4.78, 5) is 30.4. The molecule has 1 aliphatic heterocycles. The largest absolute Gasteiger partial charge is 0.341 e. The Morgan fingerprint density at radius 3 is 2.76 bits per heavy atom. The third kappa shape index (κ3) is 4.03. The molecule has 1 fully saturated rings. The van der Waals surface area contributed by atoms with E-state index in [0.29, 0.717) is 12.2 Å². The fraction of sp³-hybridized carbons (Fsp3) is 0.562. The highest BCUT2D eigenvalue weighted by atomic mass is 16.2. The predicted octanol–water partition coefficient (Wildman–Crippen LogP) is 2.30. The molecule has 1 aliphatic rings. The maximum Gasteiger partial charge on any atom is 0.229 e. The number of rotatable bonds is 2. The first-order valence-electron chi connectivity index (χ1n) is 7.38. The Morgan fingerprint density at radius 1 is 1.38 bits per heavy atom. The zero-order valence-electron chi connectivity index (χ0n) is 12.9. The fourth-order valence-electron chi connectivity index (χ4n) is 2.53. The third-order valence-corrected chi connectivity index (χ3v) is 3.65. The number of nitrogens with one attached hydrogen (secondary N) is 1. The van der Waals surface area contributed by atoms with E-state index in [9.17, 15) is 9.59 Å². The van der Waals surface area contributed by atoms with Crippen molar-refractivity contribution in [3.05, 3.63) is 24.5 Å². The summed E-state index contributed by atoms with van der Waals surface area (Å²) in [7, 11) is 0. The van der Waals surface area contributed by atoms with Gasteiger partial charge in [0, 0.05) is 24.7 Å². The third-order valence-electron chi connectivity index (χ3n) is 3.65. The Balaban J connectivity index is 1.98. The average molecular weight is 289 g/mol. The van der Waals surface area contributed by atoms with Crippen LogP contribution in [0.4, 0.5) is 5.69 Å². The molecule has 2 rings (SSSR count). The Morgan fingerprint density at radius 2 is 2.14 bits per heavy atom. The van der Waals surface area contributed by atoms with Gasteiger partial charge in [0.25, 0.3) is 0 Å². The van der Waals surface area contributed by atoms with Crippen LogP contribution in [0.2, 0.25) is 0 Å². The van der Waals surface area contributed by atoms with Gasteiger partial charge in [-0.05, 0) is 25.0 Å². The van der Waals surface area contributed by atoms with E-state index in [1.807, 2.05) is 31.7 Å². The first-order chi connectivity index (χ1) is 9.88. The van der Waals surface area contributed by atoms with Gasteiger partial charge in [0.15, 0.2) is 0 Å². The molecule has 114 valence electrons. The van der Waals surface area contributed by atoms with E-state index < -0.39 is 5.41 Å².